The van der Waals surface area contributed by atoms with Crippen molar-refractivity contribution in [3.8, 4) is 11.8 Å². The minimum atomic E-state index is -0.148. The van der Waals surface area contributed by atoms with Crippen LogP contribution in [0.3, 0.4) is 0 Å². The monoisotopic (exact) mass is 444 g/mol. The molecule has 0 saturated carbocycles. The predicted molar refractivity (Wildman–Crippen MR) is 127 cm³/mol. The number of hydrogen-bond acceptors (Lipinski definition) is 5. The second-order valence-corrected chi connectivity index (χ2v) is 8.81. The lowest BCUT2D eigenvalue weighted by Crippen LogP contribution is -2.13. The highest BCUT2D eigenvalue weighted by molar-refractivity contribution is 7.98. The summed E-state index contributed by atoms with van der Waals surface area (Å²) in [6.45, 7) is 3.84. The fourth-order valence-corrected chi connectivity index (χ4v) is 4.77. The first-order valence-electron chi connectivity index (χ1n) is 9.70. The van der Waals surface area contributed by atoms with Crippen molar-refractivity contribution in [3.05, 3.63) is 99.1 Å². The van der Waals surface area contributed by atoms with Crippen LogP contribution in [0.1, 0.15) is 37.8 Å². The fraction of sp³-hybridized carbons (Fsp3) is 0.120. The summed E-state index contributed by atoms with van der Waals surface area (Å²) in [5.41, 5.74) is 4.15. The molecular weight excluding hydrogens is 424 g/mol. The Balaban J connectivity index is 1.48. The van der Waals surface area contributed by atoms with Crippen LogP contribution in [0.2, 0.25) is 0 Å². The second-order valence-electron chi connectivity index (χ2n) is 6.85. The van der Waals surface area contributed by atoms with E-state index in [0.29, 0.717) is 17.0 Å². The lowest BCUT2D eigenvalue weighted by Gasteiger charge is -2.10. The van der Waals surface area contributed by atoms with E-state index in [1.807, 2.05) is 79.9 Å². The molecule has 2 aromatic heterocycles. The van der Waals surface area contributed by atoms with Gasteiger partial charge in [0, 0.05) is 27.5 Å². The van der Waals surface area contributed by atoms with Crippen molar-refractivity contribution in [3.63, 3.8) is 0 Å². The molecule has 1 N–H and O–H groups in total. The third kappa shape index (κ3) is 5.26. The number of nitrogens with one attached hydrogen (secondary N) is 1. The molecule has 4 rings (SSSR count). The van der Waals surface area contributed by atoms with Crippen LogP contribution in [0.15, 0.2) is 75.5 Å². The van der Waals surface area contributed by atoms with Gasteiger partial charge in [-0.3, -0.25) is 4.79 Å². The van der Waals surface area contributed by atoms with E-state index in [4.69, 9.17) is 4.52 Å². The SMILES string of the molecule is Cc1noc(C)c1CSc1ccccc1C(=O)Nc1cccc(C#Cc2cccs2)c1. The van der Waals surface area contributed by atoms with Crippen LogP contribution < -0.4 is 5.32 Å². The topological polar surface area (TPSA) is 55.1 Å². The van der Waals surface area contributed by atoms with E-state index in [9.17, 15) is 4.79 Å². The number of hydrogen-bond donors (Lipinski definition) is 1. The normalized spacial score (nSPS) is 10.4. The quantitative estimate of drug-likeness (QED) is 0.290. The van der Waals surface area contributed by atoms with E-state index in [0.717, 1.165) is 32.4 Å². The maximum absolute atomic E-state index is 13.0. The van der Waals surface area contributed by atoms with Gasteiger partial charge in [-0.1, -0.05) is 41.3 Å². The lowest BCUT2D eigenvalue weighted by molar-refractivity contribution is 0.102. The van der Waals surface area contributed by atoms with Crippen LogP contribution >= 0.6 is 23.1 Å². The molecule has 0 aliphatic carbocycles. The summed E-state index contributed by atoms with van der Waals surface area (Å²) in [4.78, 5) is 14.9. The van der Waals surface area contributed by atoms with Crippen molar-refractivity contribution in [2.75, 3.05) is 5.32 Å². The van der Waals surface area contributed by atoms with E-state index in [-0.39, 0.29) is 5.91 Å². The standard InChI is InChI=1S/C25H20N2O2S2/c1-17-23(18(2)29-27-17)16-31-24-11-4-3-10-22(24)25(28)26-20-8-5-7-19(15-20)12-13-21-9-6-14-30-21/h3-11,14-15H,16H2,1-2H3,(H,26,28). The second kappa shape index (κ2) is 9.69. The average molecular weight is 445 g/mol. The molecule has 0 spiro atoms. The van der Waals surface area contributed by atoms with Gasteiger partial charge in [-0.25, -0.2) is 0 Å². The first kappa shape index (κ1) is 21.0. The van der Waals surface area contributed by atoms with Gasteiger partial charge < -0.3 is 9.84 Å². The van der Waals surface area contributed by atoms with Gasteiger partial charge in [0.15, 0.2) is 0 Å². The van der Waals surface area contributed by atoms with Crippen molar-refractivity contribution in [1.82, 2.24) is 5.16 Å². The molecule has 0 unspecified atom stereocenters. The highest BCUT2D eigenvalue weighted by Gasteiger charge is 2.14. The first-order chi connectivity index (χ1) is 15.1. The zero-order valence-electron chi connectivity index (χ0n) is 17.1. The number of carbonyl (C=O) groups excluding carboxylic acids is 1. The van der Waals surface area contributed by atoms with Crippen LogP contribution in [-0.2, 0) is 5.75 Å². The number of benzene rings is 2. The van der Waals surface area contributed by atoms with E-state index < -0.39 is 0 Å². The molecule has 0 saturated heterocycles. The van der Waals surface area contributed by atoms with E-state index in [2.05, 4.69) is 22.3 Å². The Morgan fingerprint density at radius 2 is 1.97 bits per heavy atom. The fourth-order valence-electron chi connectivity index (χ4n) is 2.99. The summed E-state index contributed by atoms with van der Waals surface area (Å²) in [6, 6.07) is 19.2. The third-order valence-corrected chi connectivity index (χ3v) is 6.54. The summed E-state index contributed by atoms with van der Waals surface area (Å²) in [5.74, 6) is 7.65. The van der Waals surface area contributed by atoms with Crippen molar-refractivity contribution >= 4 is 34.7 Å². The largest absolute Gasteiger partial charge is 0.361 e. The van der Waals surface area contributed by atoms with Crippen LogP contribution in [0.25, 0.3) is 0 Å². The molecule has 0 aliphatic rings. The van der Waals surface area contributed by atoms with Crippen molar-refractivity contribution in [2.45, 2.75) is 24.5 Å². The zero-order valence-corrected chi connectivity index (χ0v) is 18.8. The Morgan fingerprint density at radius 3 is 2.74 bits per heavy atom. The number of aromatic nitrogens is 1. The maximum Gasteiger partial charge on any atom is 0.256 e. The number of carbonyl (C=O) groups is 1. The minimum Gasteiger partial charge on any atom is -0.361 e. The Kier molecular flexibility index (Phi) is 6.56. The number of anilines is 1. The molecule has 2 aromatic carbocycles. The van der Waals surface area contributed by atoms with Crippen molar-refractivity contribution < 1.29 is 9.32 Å². The number of nitrogens with zero attached hydrogens (tertiary/aromatic N) is 1. The van der Waals surface area contributed by atoms with E-state index in [1.54, 1.807) is 23.1 Å². The summed E-state index contributed by atoms with van der Waals surface area (Å²) in [7, 11) is 0. The molecule has 0 fully saturated rings. The van der Waals surface area contributed by atoms with Crippen LogP contribution in [-0.4, -0.2) is 11.1 Å². The molecule has 0 aliphatic heterocycles. The average Bonchev–Trinajstić information content (AvgIpc) is 3.41. The highest BCUT2D eigenvalue weighted by atomic mass is 32.2. The summed E-state index contributed by atoms with van der Waals surface area (Å²) in [6.07, 6.45) is 0. The molecule has 1 amide bonds. The molecule has 2 heterocycles. The van der Waals surface area contributed by atoms with E-state index >= 15 is 0 Å². The number of aryl methyl sites for hydroxylation is 2. The van der Waals surface area contributed by atoms with Gasteiger partial charge in [-0.15, -0.1) is 23.1 Å². The van der Waals surface area contributed by atoms with Crippen molar-refractivity contribution in [1.29, 1.82) is 0 Å². The zero-order chi connectivity index (χ0) is 21.6. The van der Waals surface area contributed by atoms with Crippen LogP contribution in [0.4, 0.5) is 5.69 Å². The predicted octanol–water partition coefficient (Wildman–Crippen LogP) is 6.30. The Hall–Kier alpha value is -3.27. The minimum absolute atomic E-state index is 0.148. The smallest absolute Gasteiger partial charge is 0.256 e. The lowest BCUT2D eigenvalue weighted by atomic mass is 10.1. The first-order valence-corrected chi connectivity index (χ1v) is 11.6. The van der Waals surface area contributed by atoms with Crippen molar-refractivity contribution in [2.24, 2.45) is 0 Å². The van der Waals surface area contributed by atoms with Gasteiger partial charge in [0.2, 0.25) is 0 Å². The number of thiophene rings is 1. The van der Waals surface area contributed by atoms with Crippen LogP contribution in [0.5, 0.6) is 0 Å². The van der Waals surface area contributed by atoms with Gasteiger partial charge >= 0.3 is 0 Å². The Morgan fingerprint density at radius 1 is 1.10 bits per heavy atom. The van der Waals surface area contributed by atoms with Gasteiger partial charge in [-0.05, 0) is 55.6 Å². The van der Waals surface area contributed by atoms with Gasteiger partial charge in [0.25, 0.3) is 5.91 Å². The molecule has 4 aromatic rings. The highest BCUT2D eigenvalue weighted by Crippen LogP contribution is 2.29. The molecule has 0 atom stereocenters. The Bertz CT molecular complexity index is 1240. The van der Waals surface area contributed by atoms with Gasteiger partial charge in [0.05, 0.1) is 16.1 Å². The van der Waals surface area contributed by atoms with Crippen LogP contribution in [0, 0.1) is 25.7 Å². The molecule has 4 nitrogen and oxygen atoms in total. The molecule has 154 valence electrons. The number of thioether (sulfide) groups is 1. The maximum atomic E-state index is 13.0. The molecule has 31 heavy (non-hydrogen) atoms. The Labute approximate surface area is 189 Å². The molecular formula is C25H20N2O2S2. The number of amides is 1. The molecule has 0 radical (unpaired) electrons. The molecule has 6 heteroatoms. The van der Waals surface area contributed by atoms with Gasteiger partial charge in [0.1, 0.15) is 5.76 Å². The summed E-state index contributed by atoms with van der Waals surface area (Å²) in [5, 5.41) is 9.00. The summed E-state index contributed by atoms with van der Waals surface area (Å²) < 4.78 is 5.24. The van der Waals surface area contributed by atoms with Gasteiger partial charge in [-0.2, -0.15) is 0 Å². The summed E-state index contributed by atoms with van der Waals surface area (Å²) >= 11 is 3.21. The third-order valence-electron chi connectivity index (χ3n) is 4.66. The van der Waals surface area contributed by atoms with E-state index in [1.165, 1.54) is 0 Å². The number of rotatable bonds is 5. The molecule has 0 bridgehead atoms.